The van der Waals surface area contributed by atoms with Crippen LogP contribution < -0.4 is 0 Å². The molecule has 2 aromatic heterocycles. The zero-order valence-electron chi connectivity index (χ0n) is 13.2. The van der Waals surface area contributed by atoms with Crippen molar-refractivity contribution in [1.82, 2.24) is 19.9 Å². The zero-order chi connectivity index (χ0) is 15.7. The highest BCUT2D eigenvalue weighted by atomic mass is 32.1. The first-order chi connectivity index (χ1) is 10.5. The lowest BCUT2D eigenvalue weighted by Gasteiger charge is -2.16. The van der Waals surface area contributed by atoms with Crippen LogP contribution >= 0.6 is 11.3 Å². The number of amides is 1. The number of aromatic nitrogens is 3. The predicted molar refractivity (Wildman–Crippen MR) is 86.0 cm³/mol. The van der Waals surface area contributed by atoms with E-state index in [9.17, 15) is 4.79 Å². The first-order valence-electron chi connectivity index (χ1n) is 7.52. The number of nitrogens with zero attached hydrogens (tertiary/aromatic N) is 4. The van der Waals surface area contributed by atoms with E-state index in [1.165, 1.54) is 0 Å². The molecule has 2 aromatic rings. The summed E-state index contributed by atoms with van der Waals surface area (Å²) in [6.45, 7) is 7.43. The van der Waals surface area contributed by atoms with E-state index < -0.39 is 0 Å². The summed E-state index contributed by atoms with van der Waals surface area (Å²) in [4.78, 5) is 27.7. The van der Waals surface area contributed by atoms with E-state index >= 15 is 0 Å². The summed E-state index contributed by atoms with van der Waals surface area (Å²) in [5, 5.41) is 2.97. The fraction of sp³-hybridized carbons (Fsp3) is 0.500. The molecule has 3 rings (SSSR count). The number of hydrogen-bond donors (Lipinski definition) is 0. The Kier molecular flexibility index (Phi) is 4.20. The van der Waals surface area contributed by atoms with Crippen molar-refractivity contribution in [3.05, 3.63) is 39.4 Å². The maximum absolute atomic E-state index is 12.4. The quantitative estimate of drug-likeness (QED) is 0.872. The molecule has 0 radical (unpaired) electrons. The van der Waals surface area contributed by atoms with Crippen molar-refractivity contribution in [2.45, 2.75) is 39.5 Å². The summed E-state index contributed by atoms with van der Waals surface area (Å²) in [5.74, 6) is 1.27. The summed E-state index contributed by atoms with van der Waals surface area (Å²) in [6, 6.07) is 1.98. The van der Waals surface area contributed by atoms with Crippen LogP contribution in [-0.2, 0) is 11.2 Å². The van der Waals surface area contributed by atoms with Gasteiger partial charge >= 0.3 is 0 Å². The van der Waals surface area contributed by atoms with Gasteiger partial charge in [-0.25, -0.2) is 15.0 Å². The number of hydrogen-bond acceptors (Lipinski definition) is 5. The molecule has 1 saturated heterocycles. The molecular formula is C16H20N4OS. The highest BCUT2D eigenvalue weighted by molar-refractivity contribution is 7.09. The van der Waals surface area contributed by atoms with Crippen molar-refractivity contribution in [1.29, 1.82) is 0 Å². The Labute approximate surface area is 134 Å². The molecule has 0 unspecified atom stereocenters. The maximum Gasteiger partial charge on any atom is 0.228 e. The van der Waals surface area contributed by atoms with Crippen LogP contribution in [0, 0.1) is 20.8 Å². The molecule has 1 aliphatic rings. The van der Waals surface area contributed by atoms with Gasteiger partial charge in [0, 0.05) is 35.8 Å². The van der Waals surface area contributed by atoms with E-state index in [0.717, 1.165) is 40.9 Å². The Bertz CT molecular complexity index is 677. The van der Waals surface area contributed by atoms with Gasteiger partial charge in [0.25, 0.3) is 0 Å². The molecule has 22 heavy (non-hydrogen) atoms. The van der Waals surface area contributed by atoms with E-state index in [-0.39, 0.29) is 11.8 Å². The molecular weight excluding hydrogens is 296 g/mol. The first kappa shape index (κ1) is 15.1. The molecule has 1 fully saturated rings. The molecule has 0 aliphatic carbocycles. The van der Waals surface area contributed by atoms with Gasteiger partial charge < -0.3 is 4.90 Å². The van der Waals surface area contributed by atoms with Crippen LogP contribution in [0.1, 0.15) is 40.3 Å². The second-order valence-corrected chi connectivity index (χ2v) is 6.93. The van der Waals surface area contributed by atoms with Crippen LogP contribution in [0.4, 0.5) is 0 Å². The SMILES string of the molecule is Cc1cc(C)nc([C@H]2CCN(C(=O)Cc3csc(C)n3)C2)n1. The van der Waals surface area contributed by atoms with E-state index in [2.05, 4.69) is 15.0 Å². The molecule has 1 aliphatic heterocycles. The van der Waals surface area contributed by atoms with Gasteiger partial charge in [-0.3, -0.25) is 4.79 Å². The van der Waals surface area contributed by atoms with Crippen LogP contribution in [0.15, 0.2) is 11.4 Å². The second kappa shape index (κ2) is 6.12. The van der Waals surface area contributed by atoms with Crippen molar-refractivity contribution < 1.29 is 4.79 Å². The van der Waals surface area contributed by atoms with E-state index in [1.54, 1.807) is 11.3 Å². The van der Waals surface area contributed by atoms with Crippen molar-refractivity contribution in [3.8, 4) is 0 Å². The molecule has 1 atom stereocenters. The smallest absolute Gasteiger partial charge is 0.228 e. The Morgan fingerprint density at radius 3 is 2.64 bits per heavy atom. The first-order valence-corrected chi connectivity index (χ1v) is 8.40. The Morgan fingerprint density at radius 2 is 2.00 bits per heavy atom. The Morgan fingerprint density at radius 1 is 1.27 bits per heavy atom. The monoisotopic (exact) mass is 316 g/mol. The minimum absolute atomic E-state index is 0.150. The average molecular weight is 316 g/mol. The summed E-state index contributed by atoms with van der Waals surface area (Å²) in [7, 11) is 0. The zero-order valence-corrected chi connectivity index (χ0v) is 14.0. The maximum atomic E-state index is 12.4. The van der Waals surface area contributed by atoms with E-state index in [1.807, 2.05) is 37.1 Å². The van der Waals surface area contributed by atoms with Gasteiger partial charge in [0.1, 0.15) is 5.82 Å². The molecule has 5 nitrogen and oxygen atoms in total. The molecule has 6 heteroatoms. The largest absolute Gasteiger partial charge is 0.342 e. The molecule has 0 spiro atoms. The third-order valence-electron chi connectivity index (χ3n) is 3.90. The summed E-state index contributed by atoms with van der Waals surface area (Å²) in [6.07, 6.45) is 1.33. The molecule has 0 bridgehead atoms. The molecule has 3 heterocycles. The van der Waals surface area contributed by atoms with Gasteiger partial charge in [-0.1, -0.05) is 0 Å². The predicted octanol–water partition coefficient (Wildman–Crippen LogP) is 2.42. The van der Waals surface area contributed by atoms with Gasteiger partial charge in [-0.2, -0.15) is 0 Å². The van der Waals surface area contributed by atoms with Crippen LogP contribution in [0.25, 0.3) is 0 Å². The van der Waals surface area contributed by atoms with Gasteiger partial charge in [-0.05, 0) is 33.3 Å². The topological polar surface area (TPSA) is 59.0 Å². The molecule has 0 N–H and O–H groups in total. The van der Waals surface area contributed by atoms with Gasteiger partial charge in [0.15, 0.2) is 0 Å². The third-order valence-corrected chi connectivity index (χ3v) is 4.73. The lowest BCUT2D eigenvalue weighted by atomic mass is 10.1. The van der Waals surface area contributed by atoms with Crippen molar-refractivity contribution in [3.63, 3.8) is 0 Å². The van der Waals surface area contributed by atoms with Crippen LogP contribution in [0.5, 0.6) is 0 Å². The fourth-order valence-electron chi connectivity index (χ4n) is 2.89. The Hall–Kier alpha value is -1.82. The summed E-state index contributed by atoms with van der Waals surface area (Å²) in [5.41, 5.74) is 2.86. The second-order valence-electron chi connectivity index (χ2n) is 5.87. The number of carbonyl (C=O) groups is 1. The standard InChI is InChI=1S/C16H20N4OS/c1-10-6-11(2)18-16(17-10)13-4-5-20(8-13)15(21)7-14-9-22-12(3)19-14/h6,9,13H,4-5,7-8H2,1-3H3/t13-/m0/s1. The van der Waals surface area contributed by atoms with Crippen molar-refractivity contribution in [2.24, 2.45) is 0 Å². The number of thiazole rings is 1. The van der Waals surface area contributed by atoms with E-state index in [0.29, 0.717) is 13.0 Å². The van der Waals surface area contributed by atoms with Gasteiger partial charge in [-0.15, -0.1) is 11.3 Å². The average Bonchev–Trinajstić information content (AvgIpc) is 3.07. The normalized spacial score (nSPS) is 18.0. The summed E-state index contributed by atoms with van der Waals surface area (Å²) < 4.78 is 0. The summed E-state index contributed by atoms with van der Waals surface area (Å²) >= 11 is 1.59. The van der Waals surface area contributed by atoms with E-state index in [4.69, 9.17) is 0 Å². The number of likely N-dealkylation sites (tertiary alicyclic amines) is 1. The molecule has 116 valence electrons. The number of carbonyl (C=O) groups excluding carboxylic acids is 1. The van der Waals surface area contributed by atoms with Crippen LogP contribution in [-0.4, -0.2) is 38.8 Å². The molecule has 1 amide bonds. The third kappa shape index (κ3) is 3.32. The molecule has 0 saturated carbocycles. The number of rotatable bonds is 3. The van der Waals surface area contributed by atoms with Crippen LogP contribution in [0.2, 0.25) is 0 Å². The van der Waals surface area contributed by atoms with Gasteiger partial charge in [0.05, 0.1) is 17.1 Å². The van der Waals surface area contributed by atoms with Crippen molar-refractivity contribution in [2.75, 3.05) is 13.1 Å². The number of aryl methyl sites for hydroxylation is 3. The van der Waals surface area contributed by atoms with Gasteiger partial charge in [0.2, 0.25) is 5.91 Å². The molecule has 0 aromatic carbocycles. The lowest BCUT2D eigenvalue weighted by molar-refractivity contribution is -0.129. The minimum atomic E-state index is 0.150. The highest BCUT2D eigenvalue weighted by Gasteiger charge is 2.29. The van der Waals surface area contributed by atoms with Crippen molar-refractivity contribution >= 4 is 17.2 Å². The Balaban J connectivity index is 1.65. The lowest BCUT2D eigenvalue weighted by Crippen LogP contribution is -2.30. The minimum Gasteiger partial charge on any atom is -0.342 e. The van der Waals surface area contributed by atoms with Crippen LogP contribution in [0.3, 0.4) is 0 Å². The fourth-order valence-corrected chi connectivity index (χ4v) is 3.50. The highest BCUT2D eigenvalue weighted by Crippen LogP contribution is 2.25.